The second-order valence-electron chi connectivity index (χ2n) is 3.68. The molecule has 0 aliphatic carbocycles. The molecule has 0 atom stereocenters. The molecule has 0 bridgehead atoms. The molecular weight excluding hydrogens is 269 g/mol. The Balaban J connectivity index is 2.46. The average Bonchev–Trinajstić information content (AvgIpc) is 2.27. The Labute approximate surface area is 107 Å². The van der Waals surface area contributed by atoms with Crippen LogP contribution in [-0.4, -0.2) is 25.2 Å². The quantitative estimate of drug-likeness (QED) is 0.890. The van der Waals surface area contributed by atoms with Gasteiger partial charge in [0.05, 0.1) is 17.3 Å². The molecule has 0 heterocycles. The van der Waals surface area contributed by atoms with Gasteiger partial charge >= 0.3 is 6.18 Å². The molecule has 0 spiro atoms. The number of hydrogen-bond donors (Lipinski definition) is 2. The number of benzene rings is 1. The lowest BCUT2D eigenvalue weighted by Crippen LogP contribution is -2.37. The summed E-state index contributed by atoms with van der Waals surface area (Å²) in [4.78, 5) is 11.1. The van der Waals surface area contributed by atoms with Crippen LogP contribution >= 0.6 is 11.6 Å². The fourth-order valence-corrected chi connectivity index (χ4v) is 1.41. The SMILES string of the molecule is Cc1cccc(NCC(=O)NCC(F)(F)F)c1Cl. The number of rotatable bonds is 4. The Bertz CT molecular complexity index is 435. The molecule has 0 aliphatic heterocycles. The highest BCUT2D eigenvalue weighted by atomic mass is 35.5. The summed E-state index contributed by atoms with van der Waals surface area (Å²) in [5.74, 6) is -0.745. The first-order valence-corrected chi connectivity index (χ1v) is 5.50. The molecule has 1 rings (SSSR count). The molecule has 0 aromatic heterocycles. The number of anilines is 1. The maximum absolute atomic E-state index is 11.8. The van der Waals surface area contributed by atoms with E-state index in [1.165, 1.54) is 0 Å². The number of aryl methyl sites for hydroxylation is 1. The molecule has 0 aliphatic rings. The predicted molar refractivity (Wildman–Crippen MR) is 63.7 cm³/mol. The Morgan fingerprint density at radius 2 is 2.06 bits per heavy atom. The van der Waals surface area contributed by atoms with Crippen LogP contribution in [0.5, 0.6) is 0 Å². The van der Waals surface area contributed by atoms with Crippen molar-refractivity contribution in [3.05, 3.63) is 28.8 Å². The molecule has 1 aromatic carbocycles. The third kappa shape index (κ3) is 4.83. The maximum Gasteiger partial charge on any atom is 0.405 e. The van der Waals surface area contributed by atoms with Gasteiger partial charge in [-0.05, 0) is 18.6 Å². The summed E-state index contributed by atoms with van der Waals surface area (Å²) in [6.45, 7) is 0.186. The molecule has 1 amide bonds. The summed E-state index contributed by atoms with van der Waals surface area (Å²) >= 11 is 5.95. The lowest BCUT2D eigenvalue weighted by Gasteiger charge is -2.11. The second-order valence-corrected chi connectivity index (χ2v) is 4.06. The highest BCUT2D eigenvalue weighted by Gasteiger charge is 2.27. The van der Waals surface area contributed by atoms with Gasteiger partial charge in [-0.2, -0.15) is 13.2 Å². The van der Waals surface area contributed by atoms with Crippen LogP contribution in [0, 0.1) is 6.92 Å². The first-order valence-electron chi connectivity index (χ1n) is 5.12. The van der Waals surface area contributed by atoms with Gasteiger partial charge in [-0.1, -0.05) is 23.7 Å². The first kappa shape index (κ1) is 14.6. The van der Waals surface area contributed by atoms with Crippen molar-refractivity contribution in [2.24, 2.45) is 0 Å². The molecule has 7 heteroatoms. The van der Waals surface area contributed by atoms with Crippen LogP contribution in [0.3, 0.4) is 0 Å². The Hall–Kier alpha value is -1.43. The van der Waals surface area contributed by atoms with Crippen LogP contribution in [-0.2, 0) is 4.79 Å². The number of carbonyl (C=O) groups excluding carboxylic acids is 1. The number of alkyl halides is 3. The predicted octanol–water partition coefficient (Wildman–Crippen LogP) is 2.74. The van der Waals surface area contributed by atoms with Crippen LogP contribution in [0.15, 0.2) is 18.2 Å². The van der Waals surface area contributed by atoms with Crippen molar-refractivity contribution in [3.8, 4) is 0 Å². The minimum Gasteiger partial charge on any atom is -0.375 e. The summed E-state index contributed by atoms with van der Waals surface area (Å²) in [7, 11) is 0. The van der Waals surface area contributed by atoms with Crippen LogP contribution in [0.25, 0.3) is 0 Å². The van der Waals surface area contributed by atoms with Crippen molar-refractivity contribution in [1.29, 1.82) is 0 Å². The molecule has 0 radical (unpaired) electrons. The van der Waals surface area contributed by atoms with Crippen molar-refractivity contribution >= 4 is 23.2 Å². The van der Waals surface area contributed by atoms with Crippen molar-refractivity contribution in [2.45, 2.75) is 13.1 Å². The highest BCUT2D eigenvalue weighted by Crippen LogP contribution is 2.24. The number of hydrogen-bond acceptors (Lipinski definition) is 2. The van der Waals surface area contributed by atoms with Gasteiger partial charge < -0.3 is 10.6 Å². The van der Waals surface area contributed by atoms with E-state index < -0.39 is 18.6 Å². The lowest BCUT2D eigenvalue weighted by atomic mass is 10.2. The smallest absolute Gasteiger partial charge is 0.375 e. The molecule has 1 aromatic rings. The fourth-order valence-electron chi connectivity index (χ4n) is 1.22. The number of carbonyl (C=O) groups is 1. The maximum atomic E-state index is 11.8. The Kier molecular flexibility index (Phi) is 4.84. The Morgan fingerprint density at radius 1 is 1.39 bits per heavy atom. The average molecular weight is 281 g/mol. The normalized spacial score (nSPS) is 11.2. The van der Waals surface area contributed by atoms with Gasteiger partial charge in [0.2, 0.25) is 5.91 Å². The highest BCUT2D eigenvalue weighted by molar-refractivity contribution is 6.34. The zero-order valence-electron chi connectivity index (χ0n) is 9.57. The zero-order valence-corrected chi connectivity index (χ0v) is 10.3. The second kappa shape index (κ2) is 5.95. The van der Waals surface area contributed by atoms with Gasteiger partial charge in [0, 0.05) is 0 Å². The van der Waals surface area contributed by atoms with E-state index in [0.29, 0.717) is 10.7 Å². The van der Waals surface area contributed by atoms with Gasteiger partial charge in [0.1, 0.15) is 6.54 Å². The monoisotopic (exact) mass is 280 g/mol. The van der Waals surface area contributed by atoms with E-state index in [1.807, 2.05) is 0 Å². The molecule has 0 unspecified atom stereocenters. The molecule has 0 saturated carbocycles. The summed E-state index contributed by atoms with van der Waals surface area (Å²) in [6, 6.07) is 5.17. The third-order valence-electron chi connectivity index (χ3n) is 2.12. The van der Waals surface area contributed by atoms with Crippen molar-refractivity contribution in [3.63, 3.8) is 0 Å². The van der Waals surface area contributed by atoms with Crippen LogP contribution < -0.4 is 10.6 Å². The minimum absolute atomic E-state index is 0.265. The molecule has 3 nitrogen and oxygen atoms in total. The lowest BCUT2D eigenvalue weighted by molar-refractivity contribution is -0.137. The van der Waals surface area contributed by atoms with Gasteiger partial charge in [-0.25, -0.2) is 0 Å². The summed E-state index contributed by atoms with van der Waals surface area (Å²) in [5.41, 5.74) is 1.33. The van der Waals surface area contributed by atoms with Gasteiger partial charge in [-0.3, -0.25) is 4.79 Å². The molecule has 0 fully saturated rings. The van der Waals surface area contributed by atoms with Crippen molar-refractivity contribution in [1.82, 2.24) is 5.32 Å². The van der Waals surface area contributed by atoms with Crippen molar-refractivity contribution < 1.29 is 18.0 Å². The van der Waals surface area contributed by atoms with Gasteiger partial charge in [-0.15, -0.1) is 0 Å². The van der Waals surface area contributed by atoms with Crippen molar-refractivity contribution in [2.75, 3.05) is 18.4 Å². The van der Waals surface area contributed by atoms with E-state index in [4.69, 9.17) is 11.6 Å². The fraction of sp³-hybridized carbons (Fsp3) is 0.364. The summed E-state index contributed by atoms with van der Waals surface area (Å²) in [6.07, 6.45) is -4.41. The van der Waals surface area contributed by atoms with E-state index in [-0.39, 0.29) is 6.54 Å². The van der Waals surface area contributed by atoms with E-state index >= 15 is 0 Å². The molecule has 18 heavy (non-hydrogen) atoms. The van der Waals surface area contributed by atoms with E-state index in [1.54, 1.807) is 30.4 Å². The first-order chi connectivity index (χ1) is 8.29. The molecule has 100 valence electrons. The summed E-state index contributed by atoms with van der Waals surface area (Å²) in [5, 5.41) is 4.88. The van der Waals surface area contributed by atoms with E-state index in [2.05, 4.69) is 5.32 Å². The van der Waals surface area contributed by atoms with Crippen LogP contribution in [0.1, 0.15) is 5.56 Å². The molecular formula is C11H12ClF3N2O. The number of halogens is 4. The number of amides is 1. The van der Waals surface area contributed by atoms with Crippen LogP contribution in [0.4, 0.5) is 18.9 Å². The van der Waals surface area contributed by atoms with Gasteiger partial charge in [0.15, 0.2) is 0 Å². The third-order valence-corrected chi connectivity index (χ3v) is 2.62. The largest absolute Gasteiger partial charge is 0.405 e. The van der Waals surface area contributed by atoms with E-state index in [0.717, 1.165) is 5.56 Å². The van der Waals surface area contributed by atoms with Crippen LogP contribution in [0.2, 0.25) is 5.02 Å². The van der Waals surface area contributed by atoms with E-state index in [9.17, 15) is 18.0 Å². The number of nitrogens with one attached hydrogen (secondary N) is 2. The summed E-state index contributed by atoms with van der Waals surface area (Å²) < 4.78 is 35.5. The molecule has 2 N–H and O–H groups in total. The zero-order chi connectivity index (χ0) is 13.8. The standard InChI is InChI=1S/C11H12ClF3N2O/c1-7-3-2-4-8(10(7)12)16-5-9(18)17-6-11(13,14)15/h2-4,16H,5-6H2,1H3,(H,17,18). The van der Waals surface area contributed by atoms with Gasteiger partial charge in [0.25, 0.3) is 0 Å². The minimum atomic E-state index is -4.41. The topological polar surface area (TPSA) is 41.1 Å². The molecule has 0 saturated heterocycles. The Morgan fingerprint density at radius 3 is 2.67 bits per heavy atom.